The third-order valence-electron chi connectivity index (χ3n) is 8.06. The Balaban J connectivity index is 1.65. The molecule has 4 rings (SSSR count). The first-order valence-corrected chi connectivity index (χ1v) is 16.8. The van der Waals surface area contributed by atoms with Crippen LogP contribution in [0.2, 0.25) is 0 Å². The summed E-state index contributed by atoms with van der Waals surface area (Å²) in [4.78, 5) is 59.4. The number of nitrogens with zero attached hydrogens (tertiary/aromatic N) is 3. The highest BCUT2D eigenvalue weighted by Gasteiger charge is 2.38. The lowest BCUT2D eigenvalue weighted by molar-refractivity contribution is -0.120. The molecule has 240 valence electrons. The number of rotatable bonds is 14. The molecule has 13 heteroatoms. The standard InChI is InChI=1S/C32H39FN5O6P/c1-6-25(39)19(3)35-45(44,36-20(4)26(40)7-2)16-15-37(5)31(42)27-23-9-8-14-34-29(23)30(41)28-24(27)18-38(32(28)43)17-21-10-12-22(33)13-11-21/h8-14,19-20,41H,6-7,15-18H2,1-5H3,(H2,35,36,44)/t19-,20-/m0/s1. The molecule has 0 spiro atoms. The van der Waals surface area contributed by atoms with Gasteiger partial charge in [-0.15, -0.1) is 0 Å². The Morgan fingerprint density at radius 1 is 1.07 bits per heavy atom. The van der Waals surface area contributed by atoms with E-state index < -0.39 is 37.2 Å². The summed E-state index contributed by atoms with van der Waals surface area (Å²) in [5.74, 6) is -2.00. The molecule has 2 aromatic carbocycles. The van der Waals surface area contributed by atoms with Gasteiger partial charge in [-0.05, 0) is 37.6 Å². The van der Waals surface area contributed by atoms with Crippen LogP contribution in [0.25, 0.3) is 10.9 Å². The number of ketones is 2. The van der Waals surface area contributed by atoms with Crippen molar-refractivity contribution in [1.29, 1.82) is 0 Å². The van der Waals surface area contributed by atoms with Crippen LogP contribution in [-0.2, 0) is 27.2 Å². The predicted molar refractivity (Wildman–Crippen MR) is 169 cm³/mol. The molecule has 1 aromatic heterocycles. The second-order valence-electron chi connectivity index (χ2n) is 11.3. The number of nitrogens with one attached hydrogen (secondary N) is 2. The summed E-state index contributed by atoms with van der Waals surface area (Å²) >= 11 is 0. The Labute approximate surface area is 261 Å². The second-order valence-corrected chi connectivity index (χ2v) is 13.7. The van der Waals surface area contributed by atoms with Gasteiger partial charge in [0, 0.05) is 62.8 Å². The summed E-state index contributed by atoms with van der Waals surface area (Å²) < 4.78 is 27.5. The number of aromatic nitrogens is 1. The van der Waals surface area contributed by atoms with Gasteiger partial charge < -0.3 is 14.9 Å². The number of halogens is 1. The van der Waals surface area contributed by atoms with Crippen LogP contribution in [0.15, 0.2) is 42.6 Å². The molecule has 11 nitrogen and oxygen atoms in total. The Hall–Kier alpha value is -3.99. The second kappa shape index (κ2) is 14.0. The molecule has 0 radical (unpaired) electrons. The smallest absolute Gasteiger partial charge is 0.258 e. The molecule has 0 fully saturated rings. The van der Waals surface area contributed by atoms with E-state index in [-0.39, 0.29) is 72.6 Å². The molecule has 1 aliphatic rings. The lowest BCUT2D eigenvalue weighted by Crippen LogP contribution is -2.43. The molecule has 0 unspecified atom stereocenters. The van der Waals surface area contributed by atoms with Crippen molar-refractivity contribution in [3.63, 3.8) is 0 Å². The van der Waals surface area contributed by atoms with E-state index in [9.17, 15) is 33.2 Å². The number of phenolic OH excluding ortho intramolecular Hbond substituents is 1. The number of pyridine rings is 1. The Morgan fingerprint density at radius 2 is 1.67 bits per heavy atom. The third-order valence-corrected chi connectivity index (χ3v) is 10.5. The number of carbonyl (C=O) groups excluding carboxylic acids is 4. The zero-order valence-corrected chi connectivity index (χ0v) is 27.0. The third kappa shape index (κ3) is 7.30. The van der Waals surface area contributed by atoms with E-state index >= 15 is 0 Å². The highest BCUT2D eigenvalue weighted by molar-refractivity contribution is 7.60. The van der Waals surface area contributed by atoms with Gasteiger partial charge in [0.05, 0.1) is 23.2 Å². The molecule has 1 aliphatic heterocycles. The van der Waals surface area contributed by atoms with Crippen LogP contribution in [0.1, 0.15) is 72.4 Å². The van der Waals surface area contributed by atoms with Gasteiger partial charge in [0.1, 0.15) is 22.9 Å². The Bertz CT molecular complexity index is 1650. The van der Waals surface area contributed by atoms with Crippen LogP contribution in [-0.4, -0.2) is 75.1 Å². The minimum atomic E-state index is -3.56. The number of aromatic hydroxyl groups is 1. The normalized spacial score (nSPS) is 14.4. The van der Waals surface area contributed by atoms with Crippen LogP contribution in [0.3, 0.4) is 0 Å². The number of carbonyl (C=O) groups is 4. The molecule has 0 saturated heterocycles. The fraction of sp³-hybridized carbons (Fsp3) is 0.406. The van der Waals surface area contributed by atoms with Crippen LogP contribution in [0.5, 0.6) is 5.75 Å². The van der Waals surface area contributed by atoms with Crippen molar-refractivity contribution < 1.29 is 33.2 Å². The van der Waals surface area contributed by atoms with E-state index in [4.69, 9.17) is 0 Å². The molecule has 0 saturated carbocycles. The average Bonchev–Trinajstić information content (AvgIpc) is 3.34. The zero-order valence-electron chi connectivity index (χ0n) is 26.1. The summed E-state index contributed by atoms with van der Waals surface area (Å²) in [6.45, 7) is 6.74. The largest absolute Gasteiger partial charge is 0.505 e. The predicted octanol–water partition coefficient (Wildman–Crippen LogP) is 4.42. The maximum Gasteiger partial charge on any atom is 0.258 e. The number of hydrogen-bond donors (Lipinski definition) is 3. The number of fused-ring (bicyclic) bond motifs is 2. The maximum atomic E-state index is 14.1. The Kier molecular flexibility index (Phi) is 10.5. The van der Waals surface area contributed by atoms with Gasteiger partial charge in [0.25, 0.3) is 11.8 Å². The molecular formula is C32H39FN5O6P. The molecule has 3 aromatic rings. The van der Waals surface area contributed by atoms with Crippen molar-refractivity contribution in [3.05, 3.63) is 70.7 Å². The van der Waals surface area contributed by atoms with Crippen LogP contribution >= 0.6 is 7.44 Å². The highest BCUT2D eigenvalue weighted by atomic mass is 31.2. The zero-order chi connectivity index (χ0) is 33.1. The molecule has 3 N–H and O–H groups in total. The summed E-state index contributed by atoms with van der Waals surface area (Å²) in [6.07, 6.45) is 1.83. The van der Waals surface area contributed by atoms with Gasteiger partial charge in [-0.3, -0.25) is 28.7 Å². The quantitative estimate of drug-likeness (QED) is 0.218. The molecule has 0 aliphatic carbocycles. The first-order chi connectivity index (χ1) is 21.3. The average molecular weight is 640 g/mol. The first kappa shape index (κ1) is 33.9. The Morgan fingerprint density at radius 3 is 2.24 bits per heavy atom. The lowest BCUT2D eigenvalue weighted by Gasteiger charge is -2.29. The summed E-state index contributed by atoms with van der Waals surface area (Å²) in [5.41, 5.74) is 1.27. The van der Waals surface area contributed by atoms with Gasteiger partial charge in [-0.25, -0.2) is 14.6 Å². The summed E-state index contributed by atoms with van der Waals surface area (Å²) in [7, 11) is -2.03. The number of phenols is 1. The van der Waals surface area contributed by atoms with Gasteiger partial charge >= 0.3 is 0 Å². The summed E-state index contributed by atoms with van der Waals surface area (Å²) in [6, 6.07) is 7.49. The molecule has 45 heavy (non-hydrogen) atoms. The van der Waals surface area contributed by atoms with Crippen LogP contribution < -0.4 is 10.2 Å². The SMILES string of the molecule is CCC(=O)[C@H](C)NP(=O)(CCN(C)C(=O)c1c2c(c(O)c3ncccc13)C(=O)N(Cc1ccc(F)cc1)C2)N[C@@H](C)C(=O)CC. The fourth-order valence-electron chi connectivity index (χ4n) is 5.47. The molecule has 2 atom stereocenters. The minimum Gasteiger partial charge on any atom is -0.505 e. The van der Waals surface area contributed by atoms with E-state index in [1.165, 1.54) is 35.2 Å². The van der Waals surface area contributed by atoms with Crippen molar-refractivity contribution in [2.24, 2.45) is 0 Å². The van der Waals surface area contributed by atoms with Gasteiger partial charge in [-0.2, -0.15) is 0 Å². The molecule has 2 heterocycles. The van der Waals surface area contributed by atoms with Crippen molar-refractivity contribution in [1.82, 2.24) is 25.0 Å². The van der Waals surface area contributed by atoms with Crippen molar-refractivity contribution in [2.45, 2.75) is 65.7 Å². The van der Waals surface area contributed by atoms with E-state index in [0.717, 1.165) is 0 Å². The van der Waals surface area contributed by atoms with Crippen molar-refractivity contribution in [3.8, 4) is 5.75 Å². The fourth-order valence-corrected chi connectivity index (χ4v) is 7.92. The number of hydrogen-bond acceptors (Lipinski definition) is 7. The van der Waals surface area contributed by atoms with E-state index in [2.05, 4.69) is 15.2 Å². The van der Waals surface area contributed by atoms with Crippen LogP contribution in [0.4, 0.5) is 4.39 Å². The number of amides is 2. The lowest BCUT2D eigenvalue weighted by atomic mass is 9.95. The topological polar surface area (TPSA) is 149 Å². The van der Waals surface area contributed by atoms with Gasteiger partial charge in [0.15, 0.2) is 5.75 Å². The first-order valence-electron chi connectivity index (χ1n) is 14.9. The van der Waals surface area contributed by atoms with Crippen molar-refractivity contribution in [2.75, 3.05) is 19.8 Å². The van der Waals surface area contributed by atoms with E-state index in [1.807, 2.05) is 0 Å². The van der Waals surface area contributed by atoms with Crippen LogP contribution in [0, 0.1) is 5.82 Å². The van der Waals surface area contributed by atoms with Gasteiger partial charge in [0.2, 0.25) is 7.44 Å². The van der Waals surface area contributed by atoms with Crippen molar-refractivity contribution >= 4 is 41.7 Å². The maximum absolute atomic E-state index is 14.1. The number of Topliss-reactive ketones (excluding diaryl/α,β-unsaturated/α-hetero) is 2. The number of benzene rings is 2. The highest BCUT2D eigenvalue weighted by Crippen LogP contribution is 2.41. The summed E-state index contributed by atoms with van der Waals surface area (Å²) in [5, 5.41) is 17.3. The van der Waals surface area contributed by atoms with E-state index in [0.29, 0.717) is 16.5 Å². The van der Waals surface area contributed by atoms with E-state index in [1.54, 1.807) is 52.0 Å². The monoisotopic (exact) mass is 639 g/mol. The van der Waals surface area contributed by atoms with Gasteiger partial charge in [-0.1, -0.05) is 32.0 Å². The molecule has 2 amide bonds. The molecular weight excluding hydrogens is 600 g/mol. The minimum absolute atomic E-state index is 0.0205. The molecule has 0 bridgehead atoms.